The Labute approximate surface area is 151 Å². The third kappa shape index (κ3) is 2.79. The van der Waals surface area contributed by atoms with Crippen LogP contribution in [-0.2, 0) is 20.9 Å². The van der Waals surface area contributed by atoms with E-state index in [1.807, 2.05) is 30.3 Å². The maximum atomic E-state index is 12.6. The summed E-state index contributed by atoms with van der Waals surface area (Å²) < 4.78 is 5.68. The Morgan fingerprint density at radius 2 is 1.85 bits per heavy atom. The number of rotatable bonds is 4. The van der Waals surface area contributed by atoms with Crippen molar-refractivity contribution < 1.29 is 18.8 Å². The number of carbonyl (C=O) groups is 3. The molecule has 1 aromatic heterocycles. The Hall–Kier alpha value is -2.63. The summed E-state index contributed by atoms with van der Waals surface area (Å²) >= 11 is 0. The van der Waals surface area contributed by atoms with Gasteiger partial charge in [-0.25, -0.2) is 0 Å². The van der Waals surface area contributed by atoms with Crippen molar-refractivity contribution in [1.29, 1.82) is 0 Å². The van der Waals surface area contributed by atoms with Gasteiger partial charge in [-0.05, 0) is 31.9 Å². The fourth-order valence-corrected chi connectivity index (χ4v) is 4.13. The van der Waals surface area contributed by atoms with E-state index in [0.29, 0.717) is 5.76 Å². The molecule has 1 N–H and O–H groups in total. The second kappa shape index (κ2) is 6.59. The summed E-state index contributed by atoms with van der Waals surface area (Å²) in [4.78, 5) is 38.9. The molecule has 6 heteroatoms. The van der Waals surface area contributed by atoms with Crippen molar-refractivity contribution in [3.63, 3.8) is 0 Å². The van der Waals surface area contributed by atoms with E-state index in [9.17, 15) is 14.4 Å². The number of fused-ring (bicyclic) bond motifs is 2. The van der Waals surface area contributed by atoms with Crippen LogP contribution >= 0.6 is 0 Å². The summed E-state index contributed by atoms with van der Waals surface area (Å²) in [5.41, 5.74) is 0.763. The van der Waals surface area contributed by atoms with Crippen LogP contribution < -0.4 is 5.32 Å². The van der Waals surface area contributed by atoms with Gasteiger partial charge in [0.1, 0.15) is 17.4 Å². The third-order valence-electron chi connectivity index (χ3n) is 5.56. The minimum atomic E-state index is -0.801. The molecule has 1 aromatic carbocycles. The van der Waals surface area contributed by atoms with E-state index in [0.717, 1.165) is 36.7 Å². The van der Waals surface area contributed by atoms with Gasteiger partial charge in [0.2, 0.25) is 17.7 Å². The molecule has 2 aromatic rings. The molecule has 136 valence electrons. The van der Waals surface area contributed by atoms with Crippen LogP contribution in [-0.4, -0.2) is 28.7 Å². The van der Waals surface area contributed by atoms with Crippen LogP contribution in [0.4, 0.5) is 0 Å². The van der Waals surface area contributed by atoms with Crippen LogP contribution in [0.25, 0.3) is 11.0 Å². The SMILES string of the molecule is CC(C(=O)NCc1cc2ccccc2o1)N1C(=O)C2CCCCC2C1=O. The van der Waals surface area contributed by atoms with Gasteiger partial charge >= 0.3 is 0 Å². The van der Waals surface area contributed by atoms with Crippen LogP contribution in [0.2, 0.25) is 0 Å². The molecule has 1 aliphatic carbocycles. The van der Waals surface area contributed by atoms with E-state index in [1.54, 1.807) is 6.92 Å². The number of hydrogen-bond acceptors (Lipinski definition) is 4. The van der Waals surface area contributed by atoms with E-state index >= 15 is 0 Å². The second-order valence-electron chi connectivity index (χ2n) is 7.19. The number of hydrogen-bond donors (Lipinski definition) is 1. The fraction of sp³-hybridized carbons (Fsp3) is 0.450. The van der Waals surface area contributed by atoms with Crippen molar-refractivity contribution in [3.05, 3.63) is 36.1 Å². The zero-order valence-corrected chi connectivity index (χ0v) is 14.7. The minimum absolute atomic E-state index is 0.189. The molecular formula is C20H22N2O4. The van der Waals surface area contributed by atoms with E-state index in [1.165, 1.54) is 4.90 Å². The number of nitrogens with one attached hydrogen (secondary N) is 1. The van der Waals surface area contributed by atoms with Gasteiger partial charge in [0.05, 0.1) is 18.4 Å². The second-order valence-corrected chi connectivity index (χ2v) is 7.19. The van der Waals surface area contributed by atoms with Crippen molar-refractivity contribution >= 4 is 28.7 Å². The van der Waals surface area contributed by atoms with Gasteiger partial charge in [-0.15, -0.1) is 0 Å². The molecular weight excluding hydrogens is 332 g/mol. The minimum Gasteiger partial charge on any atom is -0.459 e. The molecule has 2 fully saturated rings. The van der Waals surface area contributed by atoms with E-state index in [4.69, 9.17) is 4.42 Å². The summed E-state index contributed by atoms with van der Waals surface area (Å²) in [6.45, 7) is 1.84. The molecule has 2 aliphatic rings. The molecule has 0 radical (unpaired) electrons. The van der Waals surface area contributed by atoms with E-state index in [-0.39, 0.29) is 36.1 Å². The van der Waals surface area contributed by atoms with Crippen molar-refractivity contribution in [2.24, 2.45) is 11.8 Å². The largest absolute Gasteiger partial charge is 0.459 e. The Morgan fingerprint density at radius 3 is 2.50 bits per heavy atom. The highest BCUT2D eigenvalue weighted by Crippen LogP contribution is 2.38. The average Bonchev–Trinajstić information content (AvgIpc) is 3.18. The Balaban J connectivity index is 1.42. The van der Waals surface area contributed by atoms with Crippen LogP contribution in [0.1, 0.15) is 38.4 Å². The Morgan fingerprint density at radius 1 is 1.19 bits per heavy atom. The molecule has 0 bridgehead atoms. The number of benzene rings is 1. The first-order valence-corrected chi connectivity index (χ1v) is 9.18. The van der Waals surface area contributed by atoms with Crippen molar-refractivity contribution in [3.8, 4) is 0 Å². The monoisotopic (exact) mass is 354 g/mol. The Kier molecular flexibility index (Phi) is 4.26. The first kappa shape index (κ1) is 16.8. The first-order chi connectivity index (χ1) is 12.6. The lowest BCUT2D eigenvalue weighted by Crippen LogP contribution is -2.48. The third-order valence-corrected chi connectivity index (χ3v) is 5.56. The molecule has 4 rings (SSSR count). The molecule has 1 saturated carbocycles. The average molecular weight is 354 g/mol. The summed E-state index contributed by atoms with van der Waals surface area (Å²) in [5, 5.41) is 3.75. The van der Waals surface area contributed by atoms with E-state index in [2.05, 4.69) is 5.32 Å². The van der Waals surface area contributed by atoms with Crippen molar-refractivity contribution in [1.82, 2.24) is 10.2 Å². The maximum absolute atomic E-state index is 12.6. The summed E-state index contributed by atoms with van der Waals surface area (Å²) in [5.74, 6) is -0.550. The standard InChI is InChI=1S/C20H22N2O4/c1-12(22-19(24)15-7-3-4-8-16(15)20(22)25)18(23)21-11-14-10-13-6-2-5-9-17(13)26-14/h2,5-6,9-10,12,15-16H,3-4,7-8,11H2,1H3,(H,21,23). The number of imide groups is 1. The zero-order valence-electron chi connectivity index (χ0n) is 14.7. The fourth-order valence-electron chi connectivity index (χ4n) is 4.13. The molecule has 6 nitrogen and oxygen atoms in total. The topological polar surface area (TPSA) is 79.6 Å². The van der Waals surface area contributed by atoms with Crippen LogP contribution in [0, 0.1) is 11.8 Å². The highest BCUT2D eigenvalue weighted by atomic mass is 16.3. The zero-order chi connectivity index (χ0) is 18.3. The van der Waals surface area contributed by atoms with E-state index < -0.39 is 6.04 Å². The lowest BCUT2D eigenvalue weighted by atomic mass is 9.81. The summed E-state index contributed by atoms with van der Waals surface area (Å²) in [6.07, 6.45) is 3.44. The number of nitrogens with zero attached hydrogens (tertiary/aromatic N) is 1. The number of para-hydroxylation sites is 1. The molecule has 2 heterocycles. The van der Waals surface area contributed by atoms with Gasteiger partial charge in [0.15, 0.2) is 0 Å². The smallest absolute Gasteiger partial charge is 0.243 e. The number of carbonyl (C=O) groups excluding carboxylic acids is 3. The number of furan rings is 1. The molecule has 26 heavy (non-hydrogen) atoms. The molecule has 1 saturated heterocycles. The lowest BCUT2D eigenvalue weighted by Gasteiger charge is -2.22. The normalized spacial score (nSPS) is 24.0. The van der Waals surface area contributed by atoms with Gasteiger partial charge in [-0.2, -0.15) is 0 Å². The summed E-state index contributed by atoms with van der Waals surface area (Å²) in [6, 6.07) is 8.70. The van der Waals surface area contributed by atoms with Gasteiger partial charge < -0.3 is 9.73 Å². The van der Waals surface area contributed by atoms with Crippen LogP contribution in [0.15, 0.2) is 34.7 Å². The maximum Gasteiger partial charge on any atom is 0.243 e. The highest BCUT2D eigenvalue weighted by Gasteiger charge is 2.50. The summed E-state index contributed by atoms with van der Waals surface area (Å²) in [7, 11) is 0. The van der Waals surface area contributed by atoms with Gasteiger partial charge in [-0.3, -0.25) is 19.3 Å². The molecule has 3 unspecified atom stereocenters. The number of amides is 3. The van der Waals surface area contributed by atoms with Crippen LogP contribution in [0.3, 0.4) is 0 Å². The molecule has 3 atom stereocenters. The van der Waals surface area contributed by atoms with Crippen molar-refractivity contribution in [2.75, 3.05) is 0 Å². The highest BCUT2D eigenvalue weighted by molar-refractivity contribution is 6.08. The first-order valence-electron chi connectivity index (χ1n) is 9.18. The van der Waals surface area contributed by atoms with Gasteiger partial charge in [0, 0.05) is 5.39 Å². The lowest BCUT2D eigenvalue weighted by molar-refractivity contribution is -0.147. The molecule has 0 spiro atoms. The quantitative estimate of drug-likeness (QED) is 0.856. The predicted octanol–water partition coefficient (Wildman–Crippen LogP) is 2.61. The Bertz CT molecular complexity index is 815. The predicted molar refractivity (Wildman–Crippen MR) is 94.8 cm³/mol. The van der Waals surface area contributed by atoms with Crippen LogP contribution in [0.5, 0.6) is 0 Å². The van der Waals surface area contributed by atoms with Gasteiger partial charge in [0.25, 0.3) is 0 Å². The molecule has 3 amide bonds. The van der Waals surface area contributed by atoms with Gasteiger partial charge in [-0.1, -0.05) is 31.0 Å². The number of likely N-dealkylation sites (tertiary alicyclic amines) is 1. The van der Waals surface area contributed by atoms with Crippen molar-refractivity contribution in [2.45, 2.75) is 45.2 Å². The molecule has 1 aliphatic heterocycles.